The van der Waals surface area contributed by atoms with Gasteiger partial charge in [-0.05, 0) is 40.8 Å². The average molecular weight is 398 g/mol. The van der Waals surface area contributed by atoms with Crippen molar-refractivity contribution in [2.45, 2.75) is 0 Å². The molecule has 124 valence electrons. The zero-order valence-corrected chi connectivity index (χ0v) is 14.3. The fraction of sp³-hybridized carbons (Fsp3) is 0. The Bertz CT molecular complexity index is 1070. The molecule has 0 bridgehead atoms. The molecule has 4 aromatic rings. The summed E-state index contributed by atoms with van der Waals surface area (Å²) in [4.78, 5) is 15.7. The summed E-state index contributed by atoms with van der Waals surface area (Å²) >= 11 is 3.41. The van der Waals surface area contributed by atoms with Crippen molar-refractivity contribution in [3.05, 3.63) is 52.6 Å². The number of aromatic nitrogens is 5. The molecule has 0 atom stereocenters. The lowest BCUT2D eigenvalue weighted by Crippen LogP contribution is -2.13. The Morgan fingerprint density at radius 2 is 2.08 bits per heavy atom. The van der Waals surface area contributed by atoms with Gasteiger partial charge in [0.15, 0.2) is 5.82 Å². The van der Waals surface area contributed by atoms with Crippen LogP contribution < -0.4 is 11.1 Å². The van der Waals surface area contributed by atoms with Gasteiger partial charge in [-0.1, -0.05) is 28.1 Å². The molecule has 0 saturated carbocycles. The monoisotopic (exact) mass is 397 g/mol. The highest BCUT2D eigenvalue weighted by atomic mass is 79.9. The number of anilines is 2. The van der Waals surface area contributed by atoms with E-state index in [1.54, 1.807) is 18.2 Å². The number of hydrogen-bond donors (Lipinski definition) is 4. The molecule has 0 radical (unpaired) electrons. The van der Waals surface area contributed by atoms with Gasteiger partial charge in [0.05, 0.1) is 16.9 Å². The first-order chi connectivity index (χ1) is 12.1. The van der Waals surface area contributed by atoms with Gasteiger partial charge in [0, 0.05) is 15.4 Å². The van der Waals surface area contributed by atoms with Crippen LogP contribution in [0.2, 0.25) is 0 Å². The van der Waals surface area contributed by atoms with Crippen LogP contribution in [0.4, 0.5) is 11.4 Å². The second kappa shape index (κ2) is 6.02. The van der Waals surface area contributed by atoms with Crippen LogP contribution >= 0.6 is 15.9 Å². The average Bonchev–Trinajstić information content (AvgIpc) is 3.26. The third-order valence-electron chi connectivity index (χ3n) is 3.76. The number of halogens is 1. The minimum atomic E-state index is -0.286. The number of nitrogens with one attached hydrogen (secondary N) is 3. The molecular formula is C16H12BrN7O. The van der Waals surface area contributed by atoms with Crippen LogP contribution in [0.25, 0.3) is 22.3 Å². The van der Waals surface area contributed by atoms with Crippen LogP contribution in [0.3, 0.4) is 0 Å². The van der Waals surface area contributed by atoms with Crippen LogP contribution in [0.1, 0.15) is 10.5 Å². The molecule has 0 aliphatic rings. The van der Waals surface area contributed by atoms with E-state index in [0.717, 1.165) is 15.4 Å². The van der Waals surface area contributed by atoms with Crippen molar-refractivity contribution >= 4 is 44.1 Å². The van der Waals surface area contributed by atoms with E-state index in [9.17, 15) is 4.79 Å². The van der Waals surface area contributed by atoms with Crippen molar-refractivity contribution in [3.8, 4) is 11.4 Å². The van der Waals surface area contributed by atoms with E-state index >= 15 is 0 Å². The second-order valence-electron chi connectivity index (χ2n) is 5.39. The van der Waals surface area contributed by atoms with E-state index in [1.165, 1.54) is 0 Å². The van der Waals surface area contributed by atoms with E-state index in [0.29, 0.717) is 28.5 Å². The molecule has 2 aromatic carbocycles. The standard InChI is InChI=1S/C16H12BrN7O/c17-9-4-5-12(10(7-9)15-21-23-24-22-15)20-16(25)13-6-8-2-1-3-11(18)14(8)19-13/h1-7,19H,18H2,(H,20,25)(H,21,22,23,24). The molecule has 2 heterocycles. The number of H-pyrrole nitrogens is 2. The molecular weight excluding hydrogens is 386 g/mol. The lowest BCUT2D eigenvalue weighted by molar-refractivity contribution is 0.102. The minimum absolute atomic E-state index is 0.286. The summed E-state index contributed by atoms with van der Waals surface area (Å²) in [6.45, 7) is 0. The Morgan fingerprint density at radius 3 is 2.84 bits per heavy atom. The maximum absolute atomic E-state index is 12.6. The van der Waals surface area contributed by atoms with E-state index in [4.69, 9.17) is 5.73 Å². The lowest BCUT2D eigenvalue weighted by Gasteiger charge is -2.09. The summed E-state index contributed by atoms with van der Waals surface area (Å²) in [5.74, 6) is 0.170. The third-order valence-corrected chi connectivity index (χ3v) is 4.26. The largest absolute Gasteiger partial charge is 0.397 e. The Hall–Kier alpha value is -3.20. The molecule has 8 nitrogen and oxygen atoms in total. The van der Waals surface area contributed by atoms with Gasteiger partial charge >= 0.3 is 0 Å². The molecule has 5 N–H and O–H groups in total. The maximum atomic E-state index is 12.6. The van der Waals surface area contributed by atoms with E-state index in [2.05, 4.69) is 46.9 Å². The van der Waals surface area contributed by atoms with Gasteiger partial charge in [-0.25, -0.2) is 5.10 Å². The zero-order chi connectivity index (χ0) is 17.4. The number of nitrogen functional groups attached to an aromatic ring is 1. The first-order valence-electron chi connectivity index (χ1n) is 7.34. The van der Waals surface area contributed by atoms with E-state index in [1.807, 2.05) is 24.3 Å². The summed E-state index contributed by atoms with van der Waals surface area (Å²) in [5.41, 5.74) is 8.93. The van der Waals surface area contributed by atoms with Crippen molar-refractivity contribution in [2.24, 2.45) is 0 Å². The number of fused-ring (bicyclic) bond motifs is 1. The van der Waals surface area contributed by atoms with Gasteiger partial charge in [0.1, 0.15) is 5.69 Å². The summed E-state index contributed by atoms with van der Waals surface area (Å²) < 4.78 is 0.843. The van der Waals surface area contributed by atoms with Crippen LogP contribution in [0.5, 0.6) is 0 Å². The van der Waals surface area contributed by atoms with Crippen molar-refractivity contribution in [1.82, 2.24) is 25.6 Å². The smallest absolute Gasteiger partial charge is 0.272 e. The number of aromatic amines is 2. The molecule has 0 aliphatic carbocycles. The first kappa shape index (κ1) is 15.3. The Balaban J connectivity index is 1.70. The van der Waals surface area contributed by atoms with Crippen molar-refractivity contribution in [3.63, 3.8) is 0 Å². The molecule has 0 unspecified atom stereocenters. The summed E-state index contributed by atoms with van der Waals surface area (Å²) in [7, 11) is 0. The minimum Gasteiger partial charge on any atom is -0.397 e. The van der Waals surface area contributed by atoms with E-state index < -0.39 is 0 Å². The number of carbonyl (C=O) groups excluding carboxylic acids is 1. The van der Waals surface area contributed by atoms with Gasteiger partial charge in [-0.3, -0.25) is 4.79 Å². The number of carbonyl (C=O) groups is 1. The number of tetrazole rings is 1. The second-order valence-corrected chi connectivity index (χ2v) is 6.30. The summed E-state index contributed by atoms with van der Waals surface area (Å²) in [6.07, 6.45) is 0. The van der Waals surface area contributed by atoms with Crippen molar-refractivity contribution in [2.75, 3.05) is 11.1 Å². The normalized spacial score (nSPS) is 10.9. The number of nitrogens with two attached hydrogens (primary N) is 1. The predicted octanol–water partition coefficient (Wildman–Crippen LogP) is 2.94. The van der Waals surface area contributed by atoms with Crippen LogP contribution in [0, 0.1) is 0 Å². The molecule has 4 rings (SSSR count). The highest BCUT2D eigenvalue weighted by molar-refractivity contribution is 9.10. The molecule has 0 fully saturated rings. The SMILES string of the molecule is Nc1cccc2cc(C(=O)Nc3ccc(Br)cc3-c3nnn[nH]3)[nH]c12. The summed E-state index contributed by atoms with van der Waals surface area (Å²) in [5, 5.41) is 17.5. The fourth-order valence-corrected chi connectivity index (χ4v) is 2.95. The zero-order valence-electron chi connectivity index (χ0n) is 12.7. The van der Waals surface area contributed by atoms with Crippen LogP contribution in [0.15, 0.2) is 46.9 Å². The van der Waals surface area contributed by atoms with Crippen molar-refractivity contribution in [1.29, 1.82) is 0 Å². The molecule has 9 heteroatoms. The number of amides is 1. The Kier molecular flexibility index (Phi) is 3.69. The summed E-state index contributed by atoms with van der Waals surface area (Å²) in [6, 6.07) is 12.7. The Morgan fingerprint density at radius 1 is 1.20 bits per heavy atom. The quantitative estimate of drug-likeness (QED) is 0.395. The highest BCUT2D eigenvalue weighted by Gasteiger charge is 2.15. The number of rotatable bonds is 3. The van der Waals surface area contributed by atoms with Crippen LogP contribution in [-0.4, -0.2) is 31.5 Å². The lowest BCUT2D eigenvalue weighted by atomic mass is 10.1. The third kappa shape index (κ3) is 2.85. The molecule has 0 saturated heterocycles. The molecule has 0 aliphatic heterocycles. The number of nitrogens with zero attached hydrogens (tertiary/aromatic N) is 3. The van der Waals surface area contributed by atoms with Gasteiger partial charge < -0.3 is 16.0 Å². The number of hydrogen-bond acceptors (Lipinski definition) is 5. The molecule has 0 spiro atoms. The molecule has 2 aromatic heterocycles. The van der Waals surface area contributed by atoms with E-state index in [-0.39, 0.29) is 5.91 Å². The molecule has 1 amide bonds. The van der Waals surface area contributed by atoms with Gasteiger partial charge in [-0.2, -0.15) is 0 Å². The number of benzene rings is 2. The fourth-order valence-electron chi connectivity index (χ4n) is 2.59. The predicted molar refractivity (Wildman–Crippen MR) is 98.0 cm³/mol. The topological polar surface area (TPSA) is 125 Å². The number of para-hydroxylation sites is 1. The van der Waals surface area contributed by atoms with Gasteiger partial charge in [0.25, 0.3) is 5.91 Å². The molecule has 25 heavy (non-hydrogen) atoms. The van der Waals surface area contributed by atoms with Gasteiger partial charge in [-0.15, -0.1) is 5.10 Å². The maximum Gasteiger partial charge on any atom is 0.272 e. The van der Waals surface area contributed by atoms with Crippen molar-refractivity contribution < 1.29 is 4.79 Å². The van der Waals surface area contributed by atoms with Crippen LogP contribution in [-0.2, 0) is 0 Å². The highest BCUT2D eigenvalue weighted by Crippen LogP contribution is 2.29. The first-order valence-corrected chi connectivity index (χ1v) is 8.13. The van der Waals surface area contributed by atoms with Gasteiger partial charge in [0.2, 0.25) is 0 Å². The Labute approximate surface area is 149 Å².